The molecule has 4 nitrogen and oxygen atoms in total. The van der Waals surface area contributed by atoms with Crippen LogP contribution in [0.5, 0.6) is 0 Å². The van der Waals surface area contributed by atoms with Crippen molar-refractivity contribution in [2.24, 2.45) is 11.1 Å². The Balaban J connectivity index is 2.37. The highest BCUT2D eigenvalue weighted by atomic mass is 16.5. The van der Waals surface area contributed by atoms with Crippen LogP contribution < -0.4 is 5.73 Å². The summed E-state index contributed by atoms with van der Waals surface area (Å²) in [4.78, 5) is 16.5. The summed E-state index contributed by atoms with van der Waals surface area (Å²) in [6, 6.07) is 9.84. The number of carbonyl (C=O) groups excluding carboxylic acids is 1. The minimum atomic E-state index is -0.708. The van der Waals surface area contributed by atoms with Crippen molar-refractivity contribution in [1.29, 1.82) is 0 Å². The lowest BCUT2D eigenvalue weighted by Crippen LogP contribution is -2.39. The zero-order valence-corrected chi connectivity index (χ0v) is 11.9. The Morgan fingerprint density at radius 3 is 2.80 bits per heavy atom. The molecule has 1 aromatic heterocycles. The van der Waals surface area contributed by atoms with E-state index in [1.165, 1.54) is 0 Å². The molecule has 1 aromatic carbocycles. The van der Waals surface area contributed by atoms with Crippen LogP contribution in [0.4, 0.5) is 0 Å². The molecule has 0 aliphatic carbocycles. The van der Waals surface area contributed by atoms with Crippen LogP contribution in [-0.2, 0) is 16.0 Å². The fourth-order valence-electron chi connectivity index (χ4n) is 2.26. The summed E-state index contributed by atoms with van der Waals surface area (Å²) in [6.45, 7) is 4.27. The maximum Gasteiger partial charge on any atom is 0.313 e. The molecule has 2 rings (SSSR count). The smallest absolute Gasteiger partial charge is 0.313 e. The van der Waals surface area contributed by atoms with Crippen molar-refractivity contribution in [2.45, 2.75) is 20.3 Å². The third-order valence-corrected chi connectivity index (χ3v) is 3.54. The van der Waals surface area contributed by atoms with Crippen LogP contribution in [0.15, 0.2) is 36.5 Å². The first-order valence-electron chi connectivity index (χ1n) is 6.80. The van der Waals surface area contributed by atoms with Gasteiger partial charge in [0, 0.05) is 18.1 Å². The van der Waals surface area contributed by atoms with Gasteiger partial charge in [-0.1, -0.05) is 18.2 Å². The van der Waals surface area contributed by atoms with Gasteiger partial charge in [0.2, 0.25) is 0 Å². The second-order valence-corrected chi connectivity index (χ2v) is 5.15. The van der Waals surface area contributed by atoms with Crippen molar-refractivity contribution >= 4 is 16.9 Å². The average molecular weight is 272 g/mol. The number of aromatic nitrogens is 1. The summed E-state index contributed by atoms with van der Waals surface area (Å²) in [5, 5.41) is 1.05. The second kappa shape index (κ2) is 6.01. The van der Waals surface area contributed by atoms with Crippen molar-refractivity contribution in [2.75, 3.05) is 13.2 Å². The quantitative estimate of drug-likeness (QED) is 0.848. The Hall–Kier alpha value is -1.94. The molecule has 1 heterocycles. The average Bonchev–Trinajstić information content (AvgIpc) is 2.48. The number of nitrogens with zero attached hydrogens (tertiary/aromatic N) is 1. The molecule has 0 fully saturated rings. The number of rotatable bonds is 5. The molecule has 0 spiro atoms. The fourth-order valence-corrected chi connectivity index (χ4v) is 2.26. The Bertz CT molecular complexity index is 607. The summed E-state index contributed by atoms with van der Waals surface area (Å²) in [5.74, 6) is -0.247. The van der Waals surface area contributed by atoms with E-state index in [0.29, 0.717) is 13.0 Å². The maximum absolute atomic E-state index is 12.1. The minimum absolute atomic E-state index is 0.247. The van der Waals surface area contributed by atoms with Crippen LogP contribution in [0.25, 0.3) is 10.9 Å². The summed E-state index contributed by atoms with van der Waals surface area (Å²) < 4.78 is 5.15. The molecule has 0 bridgehead atoms. The number of hydrogen-bond donors (Lipinski definition) is 1. The molecule has 1 unspecified atom stereocenters. The molecule has 0 radical (unpaired) electrons. The lowest BCUT2D eigenvalue weighted by Gasteiger charge is -2.26. The van der Waals surface area contributed by atoms with Gasteiger partial charge in [0.15, 0.2) is 0 Å². The molecule has 2 N–H and O–H groups in total. The first-order valence-corrected chi connectivity index (χ1v) is 6.80. The van der Waals surface area contributed by atoms with Crippen molar-refractivity contribution in [3.63, 3.8) is 0 Å². The lowest BCUT2D eigenvalue weighted by atomic mass is 9.83. The predicted octanol–water partition coefficient (Wildman–Crippen LogP) is 2.31. The molecule has 0 aliphatic rings. The molecule has 0 amide bonds. The minimum Gasteiger partial charge on any atom is -0.466 e. The first-order chi connectivity index (χ1) is 9.60. The van der Waals surface area contributed by atoms with Gasteiger partial charge in [0.25, 0.3) is 0 Å². The number of hydrogen-bond acceptors (Lipinski definition) is 4. The largest absolute Gasteiger partial charge is 0.466 e. The van der Waals surface area contributed by atoms with Gasteiger partial charge in [0.05, 0.1) is 17.5 Å². The fraction of sp³-hybridized carbons (Fsp3) is 0.375. The van der Waals surface area contributed by atoms with Gasteiger partial charge in [-0.3, -0.25) is 9.78 Å². The summed E-state index contributed by atoms with van der Waals surface area (Å²) in [5.41, 5.74) is 7.10. The van der Waals surface area contributed by atoms with E-state index in [9.17, 15) is 4.79 Å². The van der Waals surface area contributed by atoms with Crippen LogP contribution in [-0.4, -0.2) is 24.1 Å². The third kappa shape index (κ3) is 2.80. The summed E-state index contributed by atoms with van der Waals surface area (Å²) in [7, 11) is 0. The van der Waals surface area contributed by atoms with E-state index < -0.39 is 5.41 Å². The van der Waals surface area contributed by atoms with Gasteiger partial charge in [-0.2, -0.15) is 0 Å². The zero-order chi connectivity index (χ0) is 14.6. The van der Waals surface area contributed by atoms with Crippen molar-refractivity contribution in [1.82, 2.24) is 4.98 Å². The lowest BCUT2D eigenvalue weighted by molar-refractivity contribution is -0.153. The van der Waals surface area contributed by atoms with E-state index in [4.69, 9.17) is 10.5 Å². The highest BCUT2D eigenvalue weighted by Crippen LogP contribution is 2.27. The Labute approximate surface area is 119 Å². The molecular formula is C16H20N2O2. The van der Waals surface area contributed by atoms with E-state index in [0.717, 1.165) is 16.5 Å². The molecule has 0 aliphatic heterocycles. The normalized spacial score (nSPS) is 13.9. The number of benzene rings is 1. The van der Waals surface area contributed by atoms with Gasteiger partial charge in [-0.05, 0) is 38.0 Å². The van der Waals surface area contributed by atoms with Gasteiger partial charge in [-0.15, -0.1) is 0 Å². The number of pyridine rings is 1. The zero-order valence-electron chi connectivity index (χ0n) is 11.9. The second-order valence-electron chi connectivity index (χ2n) is 5.15. The maximum atomic E-state index is 12.1. The highest BCUT2D eigenvalue weighted by molar-refractivity contribution is 5.83. The molecule has 106 valence electrons. The Morgan fingerprint density at radius 2 is 2.10 bits per heavy atom. The third-order valence-electron chi connectivity index (χ3n) is 3.54. The number of carbonyl (C=O) groups is 1. The van der Waals surface area contributed by atoms with Gasteiger partial charge >= 0.3 is 5.97 Å². The van der Waals surface area contributed by atoms with Gasteiger partial charge < -0.3 is 10.5 Å². The first kappa shape index (κ1) is 14.5. The number of ether oxygens (including phenoxy) is 1. The molecule has 2 aromatic rings. The topological polar surface area (TPSA) is 65.2 Å². The number of nitrogens with two attached hydrogens (primary N) is 1. The van der Waals surface area contributed by atoms with Crippen molar-refractivity contribution in [3.8, 4) is 0 Å². The molecule has 0 saturated heterocycles. The van der Waals surface area contributed by atoms with Gasteiger partial charge in [0.1, 0.15) is 0 Å². The van der Waals surface area contributed by atoms with E-state index in [-0.39, 0.29) is 12.5 Å². The molecular weight excluding hydrogens is 252 g/mol. The Kier molecular flexibility index (Phi) is 4.35. The monoisotopic (exact) mass is 272 g/mol. The molecule has 1 atom stereocenters. The summed E-state index contributed by atoms with van der Waals surface area (Å²) in [6.07, 6.45) is 2.31. The number of esters is 1. The molecule has 4 heteroatoms. The van der Waals surface area contributed by atoms with Crippen molar-refractivity contribution < 1.29 is 9.53 Å². The Morgan fingerprint density at radius 1 is 1.35 bits per heavy atom. The standard InChI is InChI=1S/C16H20N2O2/c1-3-20-15(19)16(2,11-17)10-12-8-9-18-14-7-5-4-6-13(12)14/h4-9H,3,10-11,17H2,1-2H3. The molecule has 20 heavy (non-hydrogen) atoms. The van der Waals surface area contributed by atoms with E-state index in [1.807, 2.05) is 37.3 Å². The van der Waals surface area contributed by atoms with Crippen LogP contribution in [0, 0.1) is 5.41 Å². The van der Waals surface area contributed by atoms with Gasteiger partial charge in [-0.25, -0.2) is 0 Å². The van der Waals surface area contributed by atoms with Crippen LogP contribution in [0.1, 0.15) is 19.4 Å². The number of para-hydroxylation sites is 1. The SMILES string of the molecule is CCOC(=O)C(C)(CN)Cc1ccnc2ccccc12. The van der Waals surface area contributed by atoms with E-state index in [2.05, 4.69) is 4.98 Å². The predicted molar refractivity (Wildman–Crippen MR) is 79.2 cm³/mol. The van der Waals surface area contributed by atoms with Crippen LogP contribution >= 0.6 is 0 Å². The van der Waals surface area contributed by atoms with E-state index >= 15 is 0 Å². The van der Waals surface area contributed by atoms with Crippen molar-refractivity contribution in [3.05, 3.63) is 42.1 Å². The molecule has 0 saturated carbocycles. The highest BCUT2D eigenvalue weighted by Gasteiger charge is 2.34. The van der Waals surface area contributed by atoms with Crippen LogP contribution in [0.2, 0.25) is 0 Å². The summed E-state index contributed by atoms with van der Waals surface area (Å²) >= 11 is 0. The van der Waals surface area contributed by atoms with E-state index in [1.54, 1.807) is 13.1 Å². The van der Waals surface area contributed by atoms with Crippen LogP contribution in [0.3, 0.4) is 0 Å². The number of fused-ring (bicyclic) bond motifs is 1.